The second-order valence-corrected chi connectivity index (χ2v) is 6.78. The van der Waals surface area contributed by atoms with E-state index in [0.717, 1.165) is 57.5 Å². The van der Waals surface area contributed by atoms with E-state index in [1.165, 1.54) is 12.8 Å². The number of carbonyl (C=O) groups is 1. The van der Waals surface area contributed by atoms with E-state index < -0.39 is 5.41 Å². The summed E-state index contributed by atoms with van der Waals surface area (Å²) in [6.07, 6.45) is 8.51. The Morgan fingerprint density at radius 3 is 2.47 bits per heavy atom. The standard InChI is InChI=1S/C15H26N2OS/c1-12-6-5-10-17(11-7-12)14(18)15(13(16)19)8-3-2-4-9-15/h12H,2-11H2,1H3,(H2,16,19). The van der Waals surface area contributed by atoms with Crippen LogP contribution in [0.3, 0.4) is 0 Å². The molecule has 2 aliphatic rings. The molecule has 2 rings (SSSR count). The molecule has 1 aliphatic heterocycles. The molecule has 4 heteroatoms. The zero-order valence-corrected chi connectivity index (χ0v) is 12.8. The average Bonchev–Trinajstić information content (AvgIpc) is 2.63. The average molecular weight is 282 g/mol. The summed E-state index contributed by atoms with van der Waals surface area (Å²) < 4.78 is 0. The van der Waals surface area contributed by atoms with Crippen molar-refractivity contribution in [3.63, 3.8) is 0 Å². The van der Waals surface area contributed by atoms with E-state index in [4.69, 9.17) is 18.0 Å². The summed E-state index contributed by atoms with van der Waals surface area (Å²) in [6.45, 7) is 4.04. The van der Waals surface area contributed by atoms with Crippen LogP contribution >= 0.6 is 12.2 Å². The number of nitrogens with two attached hydrogens (primary N) is 1. The Kier molecular flexibility index (Phi) is 4.82. The van der Waals surface area contributed by atoms with Gasteiger partial charge in [0.25, 0.3) is 0 Å². The molecule has 1 saturated carbocycles. The first kappa shape index (κ1) is 14.8. The lowest BCUT2D eigenvalue weighted by molar-refractivity contribution is -0.139. The topological polar surface area (TPSA) is 46.3 Å². The molecular formula is C15H26N2OS. The molecule has 3 nitrogen and oxygen atoms in total. The third-order valence-electron chi connectivity index (χ3n) is 4.89. The molecule has 0 spiro atoms. The van der Waals surface area contributed by atoms with Gasteiger partial charge < -0.3 is 10.6 Å². The van der Waals surface area contributed by atoms with E-state index in [1.807, 2.05) is 4.90 Å². The van der Waals surface area contributed by atoms with Crippen LogP contribution in [0.15, 0.2) is 0 Å². The highest BCUT2D eigenvalue weighted by Gasteiger charge is 2.44. The first-order chi connectivity index (χ1) is 9.06. The Morgan fingerprint density at radius 2 is 1.84 bits per heavy atom. The normalized spacial score (nSPS) is 27.6. The minimum Gasteiger partial charge on any atom is -0.392 e. The van der Waals surface area contributed by atoms with E-state index in [9.17, 15) is 4.79 Å². The lowest BCUT2D eigenvalue weighted by Gasteiger charge is -2.38. The SMILES string of the molecule is CC1CCCN(C(=O)C2(C(N)=S)CCCCC2)CC1. The lowest BCUT2D eigenvalue weighted by Crippen LogP contribution is -2.51. The van der Waals surface area contributed by atoms with Crippen LogP contribution in [0.4, 0.5) is 0 Å². The predicted octanol–water partition coefficient (Wildman–Crippen LogP) is 2.87. The number of hydrogen-bond donors (Lipinski definition) is 1. The van der Waals surface area contributed by atoms with Gasteiger partial charge in [0.05, 0.1) is 10.4 Å². The van der Waals surface area contributed by atoms with Gasteiger partial charge in [-0.1, -0.05) is 38.4 Å². The van der Waals surface area contributed by atoms with Crippen molar-refractivity contribution in [2.45, 2.75) is 58.3 Å². The molecule has 1 aliphatic carbocycles. The van der Waals surface area contributed by atoms with Crippen LogP contribution in [0.2, 0.25) is 0 Å². The summed E-state index contributed by atoms with van der Waals surface area (Å²) in [5.74, 6) is 0.943. The second kappa shape index (κ2) is 6.21. The Labute approximate surface area is 121 Å². The highest BCUT2D eigenvalue weighted by Crippen LogP contribution is 2.39. The smallest absolute Gasteiger partial charge is 0.235 e. The van der Waals surface area contributed by atoms with Crippen LogP contribution < -0.4 is 5.73 Å². The van der Waals surface area contributed by atoms with E-state index >= 15 is 0 Å². The van der Waals surface area contributed by atoms with Gasteiger partial charge in [0.2, 0.25) is 5.91 Å². The molecule has 2 N–H and O–H groups in total. The van der Waals surface area contributed by atoms with Crippen molar-refractivity contribution in [2.75, 3.05) is 13.1 Å². The van der Waals surface area contributed by atoms with Gasteiger partial charge in [-0.3, -0.25) is 4.79 Å². The number of hydrogen-bond acceptors (Lipinski definition) is 2. The molecule has 1 saturated heterocycles. The minimum atomic E-state index is -0.527. The Balaban J connectivity index is 2.12. The molecule has 0 aromatic carbocycles. The fourth-order valence-electron chi connectivity index (χ4n) is 3.49. The Bertz CT molecular complexity index is 350. The van der Waals surface area contributed by atoms with Gasteiger partial charge in [0.15, 0.2) is 0 Å². The van der Waals surface area contributed by atoms with Crippen LogP contribution in [-0.4, -0.2) is 28.9 Å². The van der Waals surface area contributed by atoms with Gasteiger partial charge in [0.1, 0.15) is 0 Å². The molecule has 0 bridgehead atoms. The van der Waals surface area contributed by atoms with Gasteiger partial charge >= 0.3 is 0 Å². The summed E-state index contributed by atoms with van der Waals surface area (Å²) >= 11 is 5.26. The first-order valence-corrected chi connectivity index (χ1v) is 8.06. The van der Waals surface area contributed by atoms with Gasteiger partial charge in [-0.05, 0) is 38.0 Å². The van der Waals surface area contributed by atoms with Crippen molar-refractivity contribution in [1.29, 1.82) is 0 Å². The van der Waals surface area contributed by atoms with Crippen LogP contribution in [-0.2, 0) is 4.79 Å². The molecule has 1 unspecified atom stereocenters. The molecule has 0 aromatic rings. The molecule has 108 valence electrons. The van der Waals surface area contributed by atoms with Gasteiger partial charge in [-0.15, -0.1) is 0 Å². The summed E-state index contributed by atoms with van der Waals surface area (Å²) in [4.78, 5) is 15.4. The number of rotatable bonds is 2. The van der Waals surface area contributed by atoms with E-state index in [0.29, 0.717) is 4.99 Å². The lowest BCUT2D eigenvalue weighted by atomic mass is 9.73. The maximum atomic E-state index is 12.9. The zero-order valence-electron chi connectivity index (χ0n) is 12.0. The van der Waals surface area contributed by atoms with Crippen molar-refractivity contribution in [3.8, 4) is 0 Å². The molecule has 0 radical (unpaired) electrons. The van der Waals surface area contributed by atoms with Crippen LogP contribution in [0.25, 0.3) is 0 Å². The van der Waals surface area contributed by atoms with E-state index in [1.54, 1.807) is 0 Å². The molecule has 19 heavy (non-hydrogen) atoms. The van der Waals surface area contributed by atoms with Crippen molar-refractivity contribution in [1.82, 2.24) is 4.90 Å². The van der Waals surface area contributed by atoms with Gasteiger partial charge in [-0.25, -0.2) is 0 Å². The fraction of sp³-hybridized carbons (Fsp3) is 0.867. The maximum Gasteiger partial charge on any atom is 0.235 e. The number of thiocarbonyl (C=S) groups is 1. The highest BCUT2D eigenvalue weighted by atomic mass is 32.1. The quantitative estimate of drug-likeness (QED) is 0.792. The number of nitrogens with zero attached hydrogens (tertiary/aromatic N) is 1. The summed E-state index contributed by atoms with van der Waals surface area (Å²) in [7, 11) is 0. The minimum absolute atomic E-state index is 0.216. The number of carbonyl (C=O) groups excluding carboxylic acids is 1. The monoisotopic (exact) mass is 282 g/mol. The molecule has 2 fully saturated rings. The fourth-order valence-corrected chi connectivity index (χ4v) is 3.78. The summed E-state index contributed by atoms with van der Waals surface area (Å²) in [6, 6.07) is 0. The van der Waals surface area contributed by atoms with E-state index in [2.05, 4.69) is 6.92 Å². The molecule has 1 amide bonds. The second-order valence-electron chi connectivity index (χ2n) is 6.34. The van der Waals surface area contributed by atoms with Crippen molar-refractivity contribution >= 4 is 23.1 Å². The van der Waals surface area contributed by atoms with Crippen LogP contribution in [0.5, 0.6) is 0 Å². The van der Waals surface area contributed by atoms with Crippen molar-refractivity contribution in [3.05, 3.63) is 0 Å². The maximum absolute atomic E-state index is 12.9. The predicted molar refractivity (Wildman–Crippen MR) is 81.9 cm³/mol. The molecule has 0 aromatic heterocycles. The number of likely N-dealkylation sites (tertiary alicyclic amines) is 1. The summed E-state index contributed by atoms with van der Waals surface area (Å²) in [5.41, 5.74) is 5.43. The van der Waals surface area contributed by atoms with Gasteiger partial charge in [0, 0.05) is 13.1 Å². The first-order valence-electron chi connectivity index (χ1n) is 7.65. The van der Waals surface area contributed by atoms with Crippen molar-refractivity contribution in [2.24, 2.45) is 17.1 Å². The third kappa shape index (κ3) is 3.10. The largest absolute Gasteiger partial charge is 0.392 e. The zero-order chi connectivity index (χ0) is 13.9. The van der Waals surface area contributed by atoms with Gasteiger partial charge in [-0.2, -0.15) is 0 Å². The van der Waals surface area contributed by atoms with E-state index in [-0.39, 0.29) is 5.91 Å². The Morgan fingerprint density at radius 1 is 1.16 bits per heavy atom. The van der Waals surface area contributed by atoms with Crippen molar-refractivity contribution < 1.29 is 4.79 Å². The number of amides is 1. The molecule has 1 atom stereocenters. The highest BCUT2D eigenvalue weighted by molar-refractivity contribution is 7.80. The van der Waals surface area contributed by atoms with Crippen LogP contribution in [0.1, 0.15) is 58.3 Å². The molecular weight excluding hydrogens is 256 g/mol. The third-order valence-corrected chi connectivity index (χ3v) is 5.28. The summed E-state index contributed by atoms with van der Waals surface area (Å²) in [5, 5.41) is 0. The van der Waals surface area contributed by atoms with Crippen LogP contribution in [0, 0.1) is 11.3 Å². The Hall–Kier alpha value is -0.640. The molecule has 1 heterocycles.